The van der Waals surface area contributed by atoms with E-state index in [9.17, 15) is 5.11 Å². The Balaban J connectivity index is 2.15. The Hall–Kier alpha value is -0.120. The van der Waals surface area contributed by atoms with E-state index in [2.05, 4.69) is 0 Å². The summed E-state index contributed by atoms with van der Waals surface area (Å²) in [5.74, 6) is 0. The third kappa shape index (κ3) is 1.93. The monoisotopic (exact) mass is 213 g/mol. The number of hydrogen-bond acceptors (Lipinski definition) is 3. The fourth-order valence-corrected chi connectivity index (χ4v) is 3.33. The Bertz CT molecular complexity index is 206. The fourth-order valence-electron chi connectivity index (χ4n) is 3.33. The van der Waals surface area contributed by atoms with Crippen LogP contribution in [0.2, 0.25) is 0 Å². The van der Waals surface area contributed by atoms with Gasteiger partial charge in [-0.1, -0.05) is 19.3 Å². The molecular formula is C12H23NO2. The highest BCUT2D eigenvalue weighted by atomic mass is 16.5. The molecule has 1 aliphatic carbocycles. The van der Waals surface area contributed by atoms with Crippen LogP contribution in [0.15, 0.2) is 0 Å². The summed E-state index contributed by atoms with van der Waals surface area (Å²) in [6.07, 6.45) is 7.48. The van der Waals surface area contributed by atoms with Crippen molar-refractivity contribution in [1.82, 2.24) is 0 Å². The maximum Gasteiger partial charge on any atom is 0.0759 e. The molecule has 1 saturated carbocycles. The van der Waals surface area contributed by atoms with Crippen molar-refractivity contribution in [2.75, 3.05) is 19.8 Å². The van der Waals surface area contributed by atoms with Crippen molar-refractivity contribution in [2.45, 2.75) is 50.5 Å². The molecular weight excluding hydrogens is 190 g/mol. The number of ether oxygens (including phenoxy) is 1. The molecule has 0 aromatic heterocycles. The first kappa shape index (κ1) is 11.4. The van der Waals surface area contributed by atoms with E-state index in [-0.39, 0.29) is 5.41 Å². The lowest BCUT2D eigenvalue weighted by molar-refractivity contribution is -0.153. The largest absolute Gasteiger partial charge is 0.389 e. The summed E-state index contributed by atoms with van der Waals surface area (Å²) in [7, 11) is 0. The minimum atomic E-state index is -0.555. The van der Waals surface area contributed by atoms with E-state index in [4.69, 9.17) is 10.5 Å². The lowest BCUT2D eigenvalue weighted by atomic mass is 9.60. The first-order chi connectivity index (χ1) is 7.22. The Labute approximate surface area is 92.0 Å². The molecule has 1 saturated heterocycles. The van der Waals surface area contributed by atoms with Gasteiger partial charge >= 0.3 is 0 Å². The van der Waals surface area contributed by atoms with Gasteiger partial charge in [0.2, 0.25) is 0 Å². The van der Waals surface area contributed by atoms with Gasteiger partial charge in [-0.05, 0) is 12.8 Å². The quantitative estimate of drug-likeness (QED) is 0.729. The first-order valence-electron chi connectivity index (χ1n) is 6.23. The summed E-state index contributed by atoms with van der Waals surface area (Å²) in [6.45, 7) is 2.01. The molecule has 0 aromatic carbocycles. The minimum Gasteiger partial charge on any atom is -0.389 e. The molecule has 2 aliphatic rings. The standard InChI is InChI=1S/C12H23NO2/c13-10-11(4-2-1-3-5-11)12(14)6-8-15-9-7-12/h14H,1-10,13H2. The van der Waals surface area contributed by atoms with Gasteiger partial charge in [0.05, 0.1) is 5.60 Å². The van der Waals surface area contributed by atoms with E-state index in [1.54, 1.807) is 0 Å². The van der Waals surface area contributed by atoms with Crippen molar-refractivity contribution in [1.29, 1.82) is 0 Å². The zero-order chi connectivity index (χ0) is 10.8. The molecule has 0 atom stereocenters. The van der Waals surface area contributed by atoms with Crippen LogP contribution >= 0.6 is 0 Å². The van der Waals surface area contributed by atoms with Gasteiger partial charge in [-0.3, -0.25) is 0 Å². The predicted octanol–water partition coefficient (Wildman–Crippen LogP) is 1.44. The molecule has 3 heteroatoms. The van der Waals surface area contributed by atoms with Gasteiger partial charge < -0.3 is 15.6 Å². The number of aliphatic hydroxyl groups is 1. The molecule has 15 heavy (non-hydrogen) atoms. The van der Waals surface area contributed by atoms with Crippen LogP contribution in [0.1, 0.15) is 44.9 Å². The van der Waals surface area contributed by atoms with E-state index in [0.29, 0.717) is 19.8 Å². The van der Waals surface area contributed by atoms with Crippen molar-refractivity contribution in [2.24, 2.45) is 11.1 Å². The van der Waals surface area contributed by atoms with Crippen LogP contribution in [0.4, 0.5) is 0 Å². The van der Waals surface area contributed by atoms with Crippen LogP contribution in [0.5, 0.6) is 0 Å². The summed E-state index contributed by atoms with van der Waals surface area (Å²) in [5, 5.41) is 10.8. The van der Waals surface area contributed by atoms with Gasteiger partial charge in [-0.2, -0.15) is 0 Å². The van der Waals surface area contributed by atoms with Crippen LogP contribution in [0.3, 0.4) is 0 Å². The lowest BCUT2D eigenvalue weighted by Gasteiger charge is -2.51. The van der Waals surface area contributed by atoms with E-state index < -0.39 is 5.60 Å². The van der Waals surface area contributed by atoms with Crippen molar-refractivity contribution in [3.63, 3.8) is 0 Å². The molecule has 0 bridgehead atoms. The molecule has 0 unspecified atom stereocenters. The first-order valence-corrected chi connectivity index (χ1v) is 6.23. The maximum atomic E-state index is 10.8. The number of rotatable bonds is 2. The summed E-state index contributed by atoms with van der Waals surface area (Å²) < 4.78 is 5.34. The average Bonchev–Trinajstić information content (AvgIpc) is 2.31. The minimum absolute atomic E-state index is 0.0188. The van der Waals surface area contributed by atoms with E-state index in [1.807, 2.05) is 0 Å². The summed E-state index contributed by atoms with van der Waals surface area (Å²) in [6, 6.07) is 0. The maximum absolute atomic E-state index is 10.8. The van der Waals surface area contributed by atoms with Gasteiger partial charge in [-0.15, -0.1) is 0 Å². The smallest absolute Gasteiger partial charge is 0.0759 e. The molecule has 2 fully saturated rings. The highest BCUT2D eigenvalue weighted by Crippen LogP contribution is 2.48. The summed E-state index contributed by atoms with van der Waals surface area (Å²) in [5.41, 5.74) is 5.38. The molecule has 0 radical (unpaired) electrons. The molecule has 1 heterocycles. The SMILES string of the molecule is NCC1(C2(O)CCOCC2)CCCCC1. The van der Waals surface area contributed by atoms with Gasteiger partial charge in [0.15, 0.2) is 0 Å². The van der Waals surface area contributed by atoms with Crippen LogP contribution < -0.4 is 5.73 Å². The summed E-state index contributed by atoms with van der Waals surface area (Å²) >= 11 is 0. The van der Waals surface area contributed by atoms with Gasteiger partial charge in [0.1, 0.15) is 0 Å². The van der Waals surface area contributed by atoms with Crippen LogP contribution in [0, 0.1) is 5.41 Å². The van der Waals surface area contributed by atoms with E-state index in [0.717, 1.165) is 25.7 Å². The van der Waals surface area contributed by atoms with Gasteiger partial charge in [0.25, 0.3) is 0 Å². The number of nitrogens with two attached hydrogens (primary N) is 1. The highest BCUT2D eigenvalue weighted by Gasteiger charge is 2.49. The van der Waals surface area contributed by atoms with Gasteiger partial charge in [-0.25, -0.2) is 0 Å². The number of hydrogen-bond donors (Lipinski definition) is 2. The van der Waals surface area contributed by atoms with Crippen molar-refractivity contribution in [3.8, 4) is 0 Å². The molecule has 2 rings (SSSR count). The zero-order valence-electron chi connectivity index (χ0n) is 9.50. The average molecular weight is 213 g/mol. The normalized spacial score (nSPS) is 30.0. The van der Waals surface area contributed by atoms with Crippen molar-refractivity contribution < 1.29 is 9.84 Å². The van der Waals surface area contributed by atoms with E-state index in [1.165, 1.54) is 19.3 Å². The topological polar surface area (TPSA) is 55.5 Å². The van der Waals surface area contributed by atoms with Crippen LogP contribution in [-0.2, 0) is 4.74 Å². The molecule has 0 aromatic rings. The third-order valence-electron chi connectivity index (χ3n) is 4.51. The van der Waals surface area contributed by atoms with Crippen molar-refractivity contribution in [3.05, 3.63) is 0 Å². The highest BCUT2D eigenvalue weighted by molar-refractivity contribution is 5.01. The Kier molecular flexibility index (Phi) is 3.33. The van der Waals surface area contributed by atoms with Crippen LogP contribution in [0.25, 0.3) is 0 Å². The van der Waals surface area contributed by atoms with Crippen molar-refractivity contribution >= 4 is 0 Å². The lowest BCUT2D eigenvalue weighted by Crippen LogP contribution is -2.56. The van der Waals surface area contributed by atoms with Crippen LogP contribution in [-0.4, -0.2) is 30.5 Å². The zero-order valence-corrected chi connectivity index (χ0v) is 9.50. The second kappa shape index (κ2) is 4.40. The second-order valence-corrected chi connectivity index (χ2v) is 5.19. The molecule has 3 N–H and O–H groups in total. The van der Waals surface area contributed by atoms with Gasteiger partial charge in [0, 0.05) is 38.0 Å². The summed E-state index contributed by atoms with van der Waals surface area (Å²) in [4.78, 5) is 0. The Morgan fingerprint density at radius 1 is 1.00 bits per heavy atom. The molecule has 0 amide bonds. The second-order valence-electron chi connectivity index (χ2n) is 5.19. The van der Waals surface area contributed by atoms with E-state index >= 15 is 0 Å². The molecule has 0 spiro atoms. The predicted molar refractivity (Wildman–Crippen MR) is 59.6 cm³/mol. The Morgan fingerprint density at radius 2 is 1.60 bits per heavy atom. The fraction of sp³-hybridized carbons (Fsp3) is 1.00. The Morgan fingerprint density at radius 3 is 2.13 bits per heavy atom. The molecule has 88 valence electrons. The third-order valence-corrected chi connectivity index (χ3v) is 4.51. The molecule has 1 aliphatic heterocycles. The molecule has 3 nitrogen and oxygen atoms in total.